The second-order valence-corrected chi connectivity index (χ2v) is 3.32. The molecule has 0 saturated heterocycles. The van der Waals surface area contributed by atoms with Gasteiger partial charge in [-0.2, -0.15) is 0 Å². The van der Waals surface area contributed by atoms with Crippen LogP contribution in [0.15, 0.2) is 30.3 Å². The molecular formula is C11H13O. The third-order valence-electron chi connectivity index (χ3n) is 1.43. The summed E-state index contributed by atoms with van der Waals surface area (Å²) in [6.45, 7) is 3.50. The second-order valence-electron chi connectivity index (χ2n) is 3.32. The van der Waals surface area contributed by atoms with Crippen molar-refractivity contribution in [3.63, 3.8) is 0 Å². The summed E-state index contributed by atoms with van der Waals surface area (Å²) < 4.78 is 0. The van der Waals surface area contributed by atoms with Gasteiger partial charge >= 0.3 is 0 Å². The number of aliphatic hydroxyl groups is 1. The first kappa shape index (κ1) is 9.01. The van der Waals surface area contributed by atoms with Crippen molar-refractivity contribution in [2.24, 2.45) is 0 Å². The molecule has 1 rings (SSSR count). The van der Waals surface area contributed by atoms with E-state index in [9.17, 15) is 5.11 Å². The Labute approximate surface area is 73.4 Å². The molecule has 0 unspecified atom stereocenters. The van der Waals surface area contributed by atoms with Crippen molar-refractivity contribution in [2.75, 3.05) is 0 Å². The van der Waals surface area contributed by atoms with Crippen LogP contribution in [0.2, 0.25) is 0 Å². The first-order chi connectivity index (χ1) is 5.58. The summed E-state index contributed by atoms with van der Waals surface area (Å²) >= 11 is 0. The minimum Gasteiger partial charge on any atom is -0.386 e. The summed E-state index contributed by atoms with van der Waals surface area (Å²) in [7, 11) is 0. The molecule has 1 heteroatoms. The van der Waals surface area contributed by atoms with E-state index in [0.717, 1.165) is 5.56 Å². The molecule has 0 aliphatic rings. The first-order valence-corrected chi connectivity index (χ1v) is 3.96. The minimum absolute atomic E-state index is 0.737. The summed E-state index contributed by atoms with van der Waals surface area (Å²) in [5.74, 6) is 0. The molecule has 1 nitrogen and oxygen atoms in total. The average Bonchev–Trinajstić information content (AvgIpc) is 2.02. The molecule has 0 spiro atoms. The molecule has 0 amide bonds. The van der Waals surface area contributed by atoms with E-state index in [1.54, 1.807) is 19.9 Å². The topological polar surface area (TPSA) is 20.2 Å². The maximum atomic E-state index is 9.38. The highest BCUT2D eigenvalue weighted by molar-refractivity contribution is 5.49. The van der Waals surface area contributed by atoms with E-state index < -0.39 is 5.60 Å². The van der Waals surface area contributed by atoms with Gasteiger partial charge in [0, 0.05) is 0 Å². The van der Waals surface area contributed by atoms with Crippen molar-refractivity contribution in [1.29, 1.82) is 0 Å². The van der Waals surface area contributed by atoms with Crippen LogP contribution in [-0.2, 0) is 0 Å². The van der Waals surface area contributed by atoms with Crippen molar-refractivity contribution in [3.8, 4) is 0 Å². The van der Waals surface area contributed by atoms with Crippen LogP contribution in [-0.4, -0.2) is 10.7 Å². The fourth-order valence-corrected chi connectivity index (χ4v) is 0.811. The van der Waals surface area contributed by atoms with Gasteiger partial charge in [-0.05, 0) is 25.5 Å². The SMILES string of the molecule is CC(C)(O)C=Cc1cc[c]cc1. The quantitative estimate of drug-likeness (QED) is 0.705. The zero-order chi connectivity index (χ0) is 9.03. The van der Waals surface area contributed by atoms with E-state index in [1.807, 2.05) is 30.3 Å². The second kappa shape index (κ2) is 3.55. The van der Waals surface area contributed by atoms with Gasteiger partial charge in [0.1, 0.15) is 0 Å². The van der Waals surface area contributed by atoms with Gasteiger partial charge in [-0.3, -0.25) is 0 Å². The third-order valence-corrected chi connectivity index (χ3v) is 1.43. The number of rotatable bonds is 2. The molecule has 1 radical (unpaired) electrons. The number of benzene rings is 1. The predicted octanol–water partition coefficient (Wildman–Crippen LogP) is 2.27. The van der Waals surface area contributed by atoms with Crippen LogP contribution in [0.1, 0.15) is 19.4 Å². The molecule has 1 aromatic carbocycles. The fraction of sp³-hybridized carbons (Fsp3) is 0.273. The van der Waals surface area contributed by atoms with Gasteiger partial charge in [-0.15, -0.1) is 0 Å². The lowest BCUT2D eigenvalue weighted by atomic mass is 10.1. The molecule has 0 aliphatic carbocycles. The summed E-state index contributed by atoms with van der Waals surface area (Å²) in [6, 6.07) is 10.5. The van der Waals surface area contributed by atoms with Crippen LogP contribution in [0.3, 0.4) is 0 Å². The van der Waals surface area contributed by atoms with E-state index >= 15 is 0 Å². The Morgan fingerprint density at radius 1 is 1.33 bits per heavy atom. The summed E-state index contributed by atoms with van der Waals surface area (Å²) in [6.07, 6.45) is 3.66. The zero-order valence-electron chi connectivity index (χ0n) is 7.41. The molecule has 1 aromatic rings. The van der Waals surface area contributed by atoms with Gasteiger partial charge in [-0.25, -0.2) is 0 Å². The van der Waals surface area contributed by atoms with Crippen LogP contribution in [0.5, 0.6) is 0 Å². The highest BCUT2D eigenvalue weighted by Gasteiger charge is 2.04. The van der Waals surface area contributed by atoms with Crippen LogP contribution in [0.25, 0.3) is 6.08 Å². The van der Waals surface area contributed by atoms with Gasteiger partial charge in [0.25, 0.3) is 0 Å². The smallest absolute Gasteiger partial charge is 0.0774 e. The van der Waals surface area contributed by atoms with Crippen molar-refractivity contribution < 1.29 is 5.11 Å². The van der Waals surface area contributed by atoms with Gasteiger partial charge < -0.3 is 5.11 Å². The fourth-order valence-electron chi connectivity index (χ4n) is 0.811. The monoisotopic (exact) mass is 161 g/mol. The average molecular weight is 161 g/mol. The van der Waals surface area contributed by atoms with E-state index in [0.29, 0.717) is 0 Å². The maximum absolute atomic E-state index is 9.38. The Morgan fingerprint density at radius 3 is 2.42 bits per heavy atom. The highest BCUT2D eigenvalue weighted by atomic mass is 16.3. The largest absolute Gasteiger partial charge is 0.386 e. The van der Waals surface area contributed by atoms with E-state index in [2.05, 4.69) is 6.07 Å². The van der Waals surface area contributed by atoms with Crippen molar-refractivity contribution in [3.05, 3.63) is 42.0 Å². The summed E-state index contributed by atoms with van der Waals surface area (Å²) in [5, 5.41) is 9.38. The van der Waals surface area contributed by atoms with Gasteiger partial charge in [0.2, 0.25) is 0 Å². The molecule has 0 bridgehead atoms. The van der Waals surface area contributed by atoms with E-state index in [1.165, 1.54) is 0 Å². The normalized spacial score (nSPS) is 12.2. The zero-order valence-corrected chi connectivity index (χ0v) is 7.41. The van der Waals surface area contributed by atoms with E-state index in [4.69, 9.17) is 0 Å². The maximum Gasteiger partial charge on any atom is 0.0774 e. The van der Waals surface area contributed by atoms with Crippen molar-refractivity contribution in [1.82, 2.24) is 0 Å². The number of hydrogen-bond donors (Lipinski definition) is 1. The first-order valence-electron chi connectivity index (χ1n) is 3.96. The summed E-state index contributed by atoms with van der Waals surface area (Å²) in [4.78, 5) is 0. The van der Waals surface area contributed by atoms with E-state index in [-0.39, 0.29) is 0 Å². The lowest BCUT2D eigenvalue weighted by molar-refractivity contribution is 0.134. The molecule has 0 aliphatic heterocycles. The molecule has 1 N–H and O–H groups in total. The van der Waals surface area contributed by atoms with Gasteiger partial charge in [0.05, 0.1) is 5.60 Å². The minimum atomic E-state index is -0.737. The lowest BCUT2D eigenvalue weighted by Crippen LogP contribution is -2.13. The summed E-state index contributed by atoms with van der Waals surface area (Å²) in [5.41, 5.74) is 0.343. The highest BCUT2D eigenvalue weighted by Crippen LogP contribution is 2.07. The standard InChI is InChI=1S/C11H13O/c1-11(2,12)9-8-10-6-4-3-5-7-10/h4-9,12H,1-2H3. The van der Waals surface area contributed by atoms with Gasteiger partial charge in [-0.1, -0.05) is 36.4 Å². The molecule has 0 aromatic heterocycles. The Balaban J connectivity index is 2.71. The number of hydrogen-bond acceptors (Lipinski definition) is 1. The molecule has 0 heterocycles. The van der Waals surface area contributed by atoms with Crippen LogP contribution in [0.4, 0.5) is 0 Å². The van der Waals surface area contributed by atoms with Crippen LogP contribution in [0, 0.1) is 6.07 Å². The Kier molecular flexibility index (Phi) is 2.66. The molecule has 0 fully saturated rings. The molecule has 63 valence electrons. The van der Waals surface area contributed by atoms with Crippen LogP contribution < -0.4 is 0 Å². The molecule has 0 atom stereocenters. The third kappa shape index (κ3) is 3.35. The molecular weight excluding hydrogens is 148 g/mol. The van der Waals surface area contributed by atoms with Crippen molar-refractivity contribution in [2.45, 2.75) is 19.4 Å². The van der Waals surface area contributed by atoms with Gasteiger partial charge in [0.15, 0.2) is 0 Å². The Hall–Kier alpha value is -1.08. The Morgan fingerprint density at radius 2 is 1.92 bits per heavy atom. The van der Waals surface area contributed by atoms with Crippen LogP contribution >= 0.6 is 0 Å². The van der Waals surface area contributed by atoms with Crippen molar-refractivity contribution >= 4 is 6.08 Å². The molecule has 12 heavy (non-hydrogen) atoms. The Bertz CT molecular complexity index is 254. The molecule has 0 saturated carbocycles. The lowest BCUT2D eigenvalue weighted by Gasteiger charge is -2.09. The predicted molar refractivity (Wildman–Crippen MR) is 50.6 cm³/mol.